The van der Waals surface area contributed by atoms with Crippen molar-refractivity contribution in [3.63, 3.8) is 0 Å². The topological polar surface area (TPSA) is 22.0 Å². The number of rotatable bonds is 4. The third-order valence-corrected chi connectivity index (χ3v) is 3.98. The first-order chi connectivity index (χ1) is 10.1. The first kappa shape index (κ1) is 13.9. The van der Waals surface area contributed by atoms with Gasteiger partial charge >= 0.3 is 0 Å². The maximum Gasteiger partial charge on any atom is 0.134 e. The van der Waals surface area contributed by atoms with Gasteiger partial charge in [0.25, 0.3) is 0 Å². The fourth-order valence-corrected chi connectivity index (χ4v) is 2.87. The molecular weight excluding hydrogens is 282 g/mol. The Morgan fingerprint density at radius 2 is 1.76 bits per heavy atom. The van der Waals surface area contributed by atoms with Gasteiger partial charge < -0.3 is 4.57 Å². The number of hydrogen-bond acceptors (Lipinski definition) is 1. The number of halogens is 1. The van der Waals surface area contributed by atoms with Gasteiger partial charge in [0.1, 0.15) is 5.78 Å². The van der Waals surface area contributed by atoms with Crippen LogP contribution in [0.25, 0.3) is 10.9 Å². The van der Waals surface area contributed by atoms with Gasteiger partial charge in [-0.15, -0.1) is 0 Å². The van der Waals surface area contributed by atoms with Crippen LogP contribution >= 0.6 is 11.6 Å². The van der Waals surface area contributed by atoms with Gasteiger partial charge in [-0.3, -0.25) is 4.79 Å². The van der Waals surface area contributed by atoms with Crippen LogP contribution in [0.4, 0.5) is 0 Å². The molecule has 0 bridgehead atoms. The molecule has 3 heteroatoms. The van der Waals surface area contributed by atoms with Gasteiger partial charge in [0.05, 0.1) is 0 Å². The second-order valence-electron chi connectivity index (χ2n) is 5.27. The average Bonchev–Trinajstić information content (AvgIpc) is 2.79. The minimum Gasteiger partial charge on any atom is -0.343 e. The third-order valence-electron chi connectivity index (χ3n) is 3.61. The Morgan fingerprint density at radius 1 is 1.05 bits per heavy atom. The van der Waals surface area contributed by atoms with Crippen LogP contribution in [-0.2, 0) is 17.8 Å². The zero-order chi connectivity index (χ0) is 14.8. The summed E-state index contributed by atoms with van der Waals surface area (Å²) >= 11 is 6.25. The van der Waals surface area contributed by atoms with Crippen LogP contribution in [0, 0.1) is 0 Å². The van der Waals surface area contributed by atoms with E-state index >= 15 is 0 Å². The normalized spacial score (nSPS) is 11.0. The van der Waals surface area contributed by atoms with E-state index in [0.29, 0.717) is 13.0 Å². The molecule has 0 atom stereocenters. The smallest absolute Gasteiger partial charge is 0.134 e. The van der Waals surface area contributed by atoms with Crippen LogP contribution < -0.4 is 0 Å². The summed E-state index contributed by atoms with van der Waals surface area (Å²) in [5.74, 6) is 0.177. The highest BCUT2D eigenvalue weighted by Crippen LogP contribution is 2.24. The van der Waals surface area contributed by atoms with E-state index in [1.165, 1.54) is 0 Å². The van der Waals surface area contributed by atoms with Crippen molar-refractivity contribution >= 4 is 28.3 Å². The monoisotopic (exact) mass is 297 g/mol. The van der Waals surface area contributed by atoms with Crippen molar-refractivity contribution < 1.29 is 4.79 Å². The quantitative estimate of drug-likeness (QED) is 0.696. The van der Waals surface area contributed by atoms with E-state index in [2.05, 4.69) is 22.9 Å². The lowest BCUT2D eigenvalue weighted by atomic mass is 10.1. The number of Topliss-reactive ketones (excluding diaryl/α,β-unsaturated/α-hetero) is 1. The summed E-state index contributed by atoms with van der Waals surface area (Å²) in [6, 6.07) is 16.0. The number of ketones is 1. The molecule has 2 nitrogen and oxygen atoms in total. The minimum absolute atomic E-state index is 0.177. The number of fused-ring (bicyclic) bond motifs is 1. The van der Waals surface area contributed by atoms with Crippen LogP contribution in [0.15, 0.2) is 54.7 Å². The SMILES string of the molecule is CC(=O)Cc1cn(Cc2ccccc2Cl)c2ccccc12. The molecule has 0 fully saturated rings. The molecule has 21 heavy (non-hydrogen) atoms. The van der Waals surface area contributed by atoms with Crippen molar-refractivity contribution in [2.24, 2.45) is 0 Å². The number of carbonyl (C=O) groups is 1. The molecule has 1 heterocycles. The summed E-state index contributed by atoms with van der Waals surface area (Å²) in [5, 5.41) is 1.91. The minimum atomic E-state index is 0.177. The Labute approximate surface area is 129 Å². The van der Waals surface area contributed by atoms with Gasteiger partial charge in [0.2, 0.25) is 0 Å². The Balaban J connectivity index is 2.06. The highest BCUT2D eigenvalue weighted by Gasteiger charge is 2.10. The number of nitrogens with zero attached hydrogens (tertiary/aromatic N) is 1. The van der Waals surface area contributed by atoms with Crippen molar-refractivity contribution in [3.05, 3.63) is 70.9 Å². The molecule has 106 valence electrons. The molecule has 1 aromatic heterocycles. The summed E-state index contributed by atoms with van der Waals surface area (Å²) in [5.41, 5.74) is 3.29. The zero-order valence-corrected chi connectivity index (χ0v) is 12.6. The van der Waals surface area contributed by atoms with E-state index in [1.807, 2.05) is 36.4 Å². The number of benzene rings is 2. The Morgan fingerprint density at radius 3 is 2.52 bits per heavy atom. The Bertz CT molecular complexity index is 804. The van der Waals surface area contributed by atoms with Gasteiger partial charge in [0, 0.05) is 35.1 Å². The van der Waals surface area contributed by atoms with Crippen LogP contribution in [0.1, 0.15) is 18.1 Å². The van der Waals surface area contributed by atoms with Crippen molar-refractivity contribution in [2.75, 3.05) is 0 Å². The molecule has 0 aliphatic rings. The maximum absolute atomic E-state index is 11.4. The van der Waals surface area contributed by atoms with E-state index in [4.69, 9.17) is 11.6 Å². The van der Waals surface area contributed by atoms with Crippen LogP contribution in [0.5, 0.6) is 0 Å². The second kappa shape index (κ2) is 5.74. The number of aromatic nitrogens is 1. The molecule has 0 N–H and O–H groups in total. The predicted molar refractivity (Wildman–Crippen MR) is 86.9 cm³/mol. The van der Waals surface area contributed by atoms with Crippen molar-refractivity contribution in [1.29, 1.82) is 0 Å². The zero-order valence-electron chi connectivity index (χ0n) is 11.8. The highest BCUT2D eigenvalue weighted by atomic mass is 35.5. The van der Waals surface area contributed by atoms with E-state index in [-0.39, 0.29) is 5.78 Å². The molecule has 3 rings (SSSR count). The van der Waals surface area contributed by atoms with Gasteiger partial charge in [-0.2, -0.15) is 0 Å². The van der Waals surface area contributed by atoms with Gasteiger partial charge in [-0.25, -0.2) is 0 Å². The molecule has 3 aromatic rings. The molecule has 0 amide bonds. The van der Waals surface area contributed by atoms with Crippen molar-refractivity contribution in [2.45, 2.75) is 19.9 Å². The lowest BCUT2D eigenvalue weighted by Crippen LogP contribution is -1.99. The first-order valence-electron chi connectivity index (χ1n) is 6.95. The number of carbonyl (C=O) groups excluding carboxylic acids is 1. The van der Waals surface area contributed by atoms with E-state index in [1.54, 1.807) is 6.92 Å². The fourth-order valence-electron chi connectivity index (χ4n) is 2.67. The van der Waals surface area contributed by atoms with Crippen LogP contribution in [0.2, 0.25) is 5.02 Å². The van der Waals surface area contributed by atoms with Crippen LogP contribution in [0.3, 0.4) is 0 Å². The highest BCUT2D eigenvalue weighted by molar-refractivity contribution is 6.31. The van der Waals surface area contributed by atoms with Gasteiger partial charge in [-0.1, -0.05) is 48.0 Å². The molecular formula is C18H16ClNO. The molecule has 0 saturated heterocycles. The van der Waals surface area contributed by atoms with E-state index < -0.39 is 0 Å². The molecule has 2 aromatic carbocycles. The Hall–Kier alpha value is -2.06. The lowest BCUT2D eigenvalue weighted by molar-refractivity contribution is -0.116. The standard InChI is InChI=1S/C18H16ClNO/c1-13(21)10-15-12-20(18-9-5-3-7-16(15)18)11-14-6-2-4-8-17(14)19/h2-9,12H,10-11H2,1H3. The summed E-state index contributed by atoms with van der Waals surface area (Å²) in [7, 11) is 0. The van der Waals surface area contributed by atoms with Crippen molar-refractivity contribution in [3.8, 4) is 0 Å². The molecule has 0 spiro atoms. The fraction of sp³-hybridized carbons (Fsp3) is 0.167. The van der Waals surface area contributed by atoms with Gasteiger partial charge in [-0.05, 0) is 30.2 Å². The van der Waals surface area contributed by atoms with Crippen LogP contribution in [-0.4, -0.2) is 10.4 Å². The van der Waals surface area contributed by atoms with Crippen molar-refractivity contribution in [1.82, 2.24) is 4.57 Å². The molecule has 0 aliphatic heterocycles. The van der Waals surface area contributed by atoms with Gasteiger partial charge in [0.15, 0.2) is 0 Å². The van der Waals surface area contributed by atoms with E-state index in [9.17, 15) is 4.79 Å². The first-order valence-corrected chi connectivity index (χ1v) is 7.32. The average molecular weight is 298 g/mol. The number of hydrogen-bond donors (Lipinski definition) is 0. The third kappa shape index (κ3) is 2.86. The van der Waals surface area contributed by atoms with E-state index in [0.717, 1.165) is 27.1 Å². The summed E-state index contributed by atoms with van der Waals surface area (Å²) in [6.45, 7) is 2.33. The molecule has 0 saturated carbocycles. The Kier molecular flexibility index (Phi) is 3.80. The number of para-hydroxylation sites is 1. The predicted octanol–water partition coefficient (Wildman–Crippen LogP) is 4.47. The summed E-state index contributed by atoms with van der Waals surface area (Å²) < 4.78 is 2.16. The lowest BCUT2D eigenvalue weighted by Gasteiger charge is -2.07. The molecule has 0 radical (unpaired) electrons. The molecule has 0 aliphatic carbocycles. The molecule has 0 unspecified atom stereocenters. The largest absolute Gasteiger partial charge is 0.343 e. The summed E-state index contributed by atoms with van der Waals surface area (Å²) in [6.07, 6.45) is 2.53. The second-order valence-corrected chi connectivity index (χ2v) is 5.68. The summed E-state index contributed by atoms with van der Waals surface area (Å²) in [4.78, 5) is 11.4. The maximum atomic E-state index is 11.4.